The van der Waals surface area contributed by atoms with Gasteiger partial charge in [0.2, 0.25) is 17.6 Å². The lowest BCUT2D eigenvalue weighted by Crippen LogP contribution is -2.60. The van der Waals surface area contributed by atoms with Crippen molar-refractivity contribution in [1.82, 2.24) is 25.8 Å². The van der Waals surface area contributed by atoms with E-state index in [0.717, 1.165) is 10.2 Å². The van der Waals surface area contributed by atoms with E-state index in [9.17, 15) is 45.9 Å². The highest BCUT2D eigenvalue weighted by molar-refractivity contribution is 6.30. The number of nitrogens with one attached hydrogen (secondary N) is 3. The van der Waals surface area contributed by atoms with Crippen LogP contribution in [-0.2, 0) is 25.6 Å². The van der Waals surface area contributed by atoms with Gasteiger partial charge in [-0.15, -0.1) is 0 Å². The fourth-order valence-electron chi connectivity index (χ4n) is 4.72. The second-order valence-corrected chi connectivity index (χ2v) is 11.2. The van der Waals surface area contributed by atoms with Crippen LogP contribution in [-0.4, -0.2) is 82.6 Å². The Bertz CT molecular complexity index is 1410. The molecule has 244 valence electrons. The van der Waals surface area contributed by atoms with E-state index in [1.165, 1.54) is 26.1 Å². The molecule has 0 spiro atoms. The van der Waals surface area contributed by atoms with E-state index in [4.69, 9.17) is 11.6 Å². The molecule has 10 nitrogen and oxygen atoms in total. The number of alkyl halides is 5. The number of nitrogens with zero attached hydrogens (tertiary/aromatic N) is 2. The summed E-state index contributed by atoms with van der Waals surface area (Å²) in [7, 11) is 0. The molecule has 2 heterocycles. The average molecular weight is 660 g/mol. The van der Waals surface area contributed by atoms with E-state index < -0.39 is 72.1 Å². The maximum atomic E-state index is 14.6. The topological polar surface area (TPSA) is 138 Å². The summed E-state index contributed by atoms with van der Waals surface area (Å²) in [6.07, 6.45) is -3.25. The summed E-state index contributed by atoms with van der Waals surface area (Å²) >= 11 is 6.09. The fourth-order valence-corrected chi connectivity index (χ4v) is 4.93. The number of benzene rings is 1. The van der Waals surface area contributed by atoms with Crippen LogP contribution >= 0.6 is 11.6 Å². The van der Waals surface area contributed by atoms with E-state index in [2.05, 4.69) is 15.6 Å². The first-order valence-corrected chi connectivity index (χ1v) is 14.2. The van der Waals surface area contributed by atoms with Crippen LogP contribution < -0.4 is 16.0 Å². The van der Waals surface area contributed by atoms with Crippen molar-refractivity contribution in [3.05, 3.63) is 64.9 Å². The quantitative estimate of drug-likeness (QED) is 0.237. The van der Waals surface area contributed by atoms with Crippen LogP contribution in [0.1, 0.15) is 42.7 Å². The van der Waals surface area contributed by atoms with Crippen molar-refractivity contribution in [1.29, 1.82) is 0 Å². The van der Waals surface area contributed by atoms with Crippen LogP contribution in [0, 0.1) is 5.92 Å². The van der Waals surface area contributed by atoms with Gasteiger partial charge in [-0.3, -0.25) is 29.0 Å². The van der Waals surface area contributed by atoms with Gasteiger partial charge in [0.25, 0.3) is 11.8 Å². The van der Waals surface area contributed by atoms with Crippen molar-refractivity contribution in [2.24, 2.45) is 5.92 Å². The summed E-state index contributed by atoms with van der Waals surface area (Å²) in [4.78, 5) is 69.7. The molecule has 1 aliphatic rings. The summed E-state index contributed by atoms with van der Waals surface area (Å²) in [5.41, 5.74) is 0.606. The van der Waals surface area contributed by atoms with Gasteiger partial charge in [-0.25, -0.2) is 0 Å². The monoisotopic (exact) mass is 659 g/mol. The second-order valence-electron chi connectivity index (χ2n) is 10.7. The van der Waals surface area contributed by atoms with Crippen LogP contribution in [0.5, 0.6) is 0 Å². The number of likely N-dealkylation sites (tertiary alicyclic amines) is 1. The molecule has 0 aliphatic carbocycles. The van der Waals surface area contributed by atoms with Gasteiger partial charge >= 0.3 is 12.1 Å². The highest BCUT2D eigenvalue weighted by atomic mass is 35.5. The molecule has 1 aromatic carbocycles. The largest absolute Gasteiger partial charge is 0.405 e. The highest BCUT2D eigenvalue weighted by Crippen LogP contribution is 2.24. The number of carbonyl (C=O) groups excluding carboxylic acids is 5. The normalized spacial score (nSPS) is 16.6. The Hall–Kier alpha value is -4.14. The predicted molar refractivity (Wildman–Crippen MR) is 151 cm³/mol. The lowest BCUT2D eigenvalue weighted by Gasteiger charge is -2.31. The third-order valence-corrected chi connectivity index (χ3v) is 7.19. The standard InChI is InChI=1S/C29H31ClF5N5O5/c1-16(2)22(23(41)29(34,35)27(45)37-15-28(31,32)33)39-25(43)21-10-6-12-40(21)26(44)20(14-17-7-5-8-18(30)13-17)38-24(42)19-9-3-4-11-36-19/h3-5,7-9,11,13,16,20-22H,6,10,12,14-15H2,1-2H3,(H,37,45)(H,38,42)(H,39,43)/t20?,21?,22-/m0/s1. The third-order valence-electron chi connectivity index (χ3n) is 6.96. The zero-order valence-corrected chi connectivity index (χ0v) is 24.9. The van der Waals surface area contributed by atoms with E-state index in [-0.39, 0.29) is 25.1 Å². The Morgan fingerprint density at radius 2 is 1.73 bits per heavy atom. The summed E-state index contributed by atoms with van der Waals surface area (Å²) in [6.45, 7) is 0.551. The van der Waals surface area contributed by atoms with Crippen LogP contribution in [0.4, 0.5) is 22.0 Å². The van der Waals surface area contributed by atoms with Crippen molar-refractivity contribution in [2.75, 3.05) is 13.1 Å². The van der Waals surface area contributed by atoms with Gasteiger partial charge in [-0.1, -0.05) is 43.6 Å². The number of halogens is 6. The van der Waals surface area contributed by atoms with E-state index in [1.807, 2.05) is 0 Å². The van der Waals surface area contributed by atoms with Crippen molar-refractivity contribution >= 4 is 41.0 Å². The predicted octanol–water partition coefficient (Wildman–Crippen LogP) is 3.09. The van der Waals surface area contributed by atoms with Gasteiger partial charge < -0.3 is 20.9 Å². The van der Waals surface area contributed by atoms with Gasteiger partial charge in [-0.2, -0.15) is 22.0 Å². The lowest BCUT2D eigenvalue weighted by molar-refractivity contribution is -0.165. The Kier molecular flexibility index (Phi) is 11.6. The van der Waals surface area contributed by atoms with Crippen molar-refractivity contribution < 1.29 is 45.9 Å². The molecular formula is C29H31ClF5N5O5. The Labute approximate surface area is 260 Å². The van der Waals surface area contributed by atoms with Gasteiger partial charge in [0.15, 0.2) is 0 Å². The molecule has 45 heavy (non-hydrogen) atoms. The van der Waals surface area contributed by atoms with Crippen LogP contribution in [0.3, 0.4) is 0 Å². The van der Waals surface area contributed by atoms with Crippen molar-refractivity contribution in [3.63, 3.8) is 0 Å². The minimum Gasteiger partial charge on any atom is -0.344 e. The third kappa shape index (κ3) is 9.42. The smallest absolute Gasteiger partial charge is 0.344 e. The number of aromatic nitrogens is 1. The summed E-state index contributed by atoms with van der Waals surface area (Å²) in [6, 6.07) is 6.70. The molecule has 2 aromatic rings. The molecule has 4 amide bonds. The minimum absolute atomic E-state index is 0.0237. The van der Waals surface area contributed by atoms with Crippen LogP contribution in [0.15, 0.2) is 48.7 Å². The Morgan fingerprint density at radius 1 is 1.02 bits per heavy atom. The SMILES string of the molecule is CC(C)[C@H](NC(=O)C1CCCN1C(=O)C(Cc1cccc(Cl)c1)NC(=O)c1ccccn1)C(=O)C(F)(F)C(=O)NCC(F)(F)F. The fraction of sp³-hybridized carbons (Fsp3) is 0.448. The summed E-state index contributed by atoms with van der Waals surface area (Å²) < 4.78 is 66.5. The minimum atomic E-state index is -5.00. The molecule has 1 aliphatic heterocycles. The summed E-state index contributed by atoms with van der Waals surface area (Å²) in [5.74, 6) is -12.8. The molecule has 0 radical (unpaired) electrons. The van der Waals surface area contributed by atoms with Crippen LogP contribution in [0.25, 0.3) is 0 Å². The van der Waals surface area contributed by atoms with Gasteiger partial charge in [-0.05, 0) is 48.6 Å². The number of carbonyl (C=O) groups is 5. The lowest BCUT2D eigenvalue weighted by atomic mass is 9.94. The molecular weight excluding hydrogens is 629 g/mol. The number of rotatable bonds is 12. The van der Waals surface area contributed by atoms with Crippen LogP contribution in [0.2, 0.25) is 5.02 Å². The molecule has 3 N–H and O–H groups in total. The number of hydrogen-bond acceptors (Lipinski definition) is 6. The Balaban J connectivity index is 1.81. The molecule has 3 rings (SSSR count). The van der Waals surface area contributed by atoms with E-state index in [1.54, 1.807) is 36.4 Å². The highest BCUT2D eigenvalue weighted by Gasteiger charge is 2.52. The number of amides is 4. The van der Waals surface area contributed by atoms with Gasteiger partial charge in [0.1, 0.15) is 24.3 Å². The van der Waals surface area contributed by atoms with E-state index >= 15 is 0 Å². The molecule has 1 aromatic heterocycles. The molecule has 1 saturated heterocycles. The first-order chi connectivity index (χ1) is 21.0. The molecule has 0 saturated carbocycles. The first-order valence-electron chi connectivity index (χ1n) is 13.9. The van der Waals surface area contributed by atoms with E-state index in [0.29, 0.717) is 17.0 Å². The molecule has 16 heteroatoms. The molecule has 2 unspecified atom stereocenters. The number of hydrogen-bond donors (Lipinski definition) is 3. The number of ketones is 1. The zero-order chi connectivity index (χ0) is 33.5. The maximum absolute atomic E-state index is 14.6. The maximum Gasteiger partial charge on any atom is 0.405 e. The summed E-state index contributed by atoms with van der Waals surface area (Å²) in [5, 5.41) is 6.14. The van der Waals surface area contributed by atoms with Crippen molar-refractivity contribution in [2.45, 2.75) is 63.3 Å². The van der Waals surface area contributed by atoms with Gasteiger partial charge in [0, 0.05) is 24.2 Å². The molecule has 3 atom stereocenters. The average Bonchev–Trinajstić information content (AvgIpc) is 3.47. The second kappa shape index (κ2) is 14.8. The number of Topliss-reactive ketones (excluding diaryl/α,β-unsaturated/α-hetero) is 1. The number of pyridine rings is 1. The Morgan fingerprint density at radius 3 is 2.33 bits per heavy atom. The van der Waals surface area contributed by atoms with Gasteiger partial charge in [0.05, 0.1) is 6.04 Å². The van der Waals surface area contributed by atoms with Crippen molar-refractivity contribution in [3.8, 4) is 0 Å². The zero-order valence-electron chi connectivity index (χ0n) is 24.2. The molecule has 1 fully saturated rings. The molecule has 0 bridgehead atoms. The first kappa shape index (κ1) is 35.3.